The Labute approximate surface area is 113 Å². The summed E-state index contributed by atoms with van der Waals surface area (Å²) in [6.07, 6.45) is 1.15. The Balaban J connectivity index is 2.18. The van der Waals surface area contributed by atoms with Gasteiger partial charge in [0.25, 0.3) is 0 Å². The number of nitrogens with zero attached hydrogens (tertiary/aromatic N) is 2. The second-order valence-electron chi connectivity index (χ2n) is 5.07. The lowest BCUT2D eigenvalue weighted by Gasteiger charge is -2.22. The minimum atomic E-state index is 0.0519. The molecule has 0 spiro atoms. The average Bonchev–Trinajstić information content (AvgIpc) is 2.78. The summed E-state index contributed by atoms with van der Waals surface area (Å²) in [5, 5.41) is 0.669. The molecule has 1 unspecified atom stereocenters. The molecule has 0 aromatic heterocycles. The smallest absolute Gasteiger partial charge is 0.159 e. The molecule has 98 valence electrons. The largest absolute Gasteiger partial charge is 0.369 e. The van der Waals surface area contributed by atoms with E-state index in [0.717, 1.165) is 25.2 Å². The molecule has 1 atom stereocenters. The van der Waals surface area contributed by atoms with E-state index in [1.807, 2.05) is 12.1 Å². The molecule has 2 rings (SSSR count). The Morgan fingerprint density at radius 2 is 2.17 bits per heavy atom. The highest BCUT2D eigenvalue weighted by Crippen LogP contribution is 2.30. The van der Waals surface area contributed by atoms with E-state index < -0.39 is 0 Å². The number of hydrogen-bond acceptors (Lipinski definition) is 3. The van der Waals surface area contributed by atoms with Crippen molar-refractivity contribution in [3.05, 3.63) is 28.8 Å². The molecule has 18 heavy (non-hydrogen) atoms. The van der Waals surface area contributed by atoms with Crippen LogP contribution in [0.25, 0.3) is 0 Å². The summed E-state index contributed by atoms with van der Waals surface area (Å²) in [6.45, 7) is 3.57. The molecule has 1 aliphatic rings. The third-order valence-corrected chi connectivity index (χ3v) is 3.89. The maximum Gasteiger partial charge on any atom is 0.159 e. The number of likely N-dealkylation sites (N-methyl/N-ethyl adjacent to an activating group) is 1. The number of Topliss-reactive ketones (excluding diaryl/α,β-unsaturated/α-hetero) is 1. The first-order valence-electron chi connectivity index (χ1n) is 6.21. The van der Waals surface area contributed by atoms with Gasteiger partial charge in [-0.15, -0.1) is 0 Å². The number of hydrogen-bond donors (Lipinski definition) is 0. The third-order valence-electron chi connectivity index (χ3n) is 3.59. The molecule has 1 fully saturated rings. The van der Waals surface area contributed by atoms with Gasteiger partial charge in [-0.2, -0.15) is 0 Å². The molecule has 4 heteroatoms. The number of anilines is 1. The van der Waals surface area contributed by atoms with Crippen LogP contribution in [0.2, 0.25) is 5.02 Å². The van der Waals surface area contributed by atoms with Gasteiger partial charge in [-0.25, -0.2) is 0 Å². The Morgan fingerprint density at radius 1 is 1.44 bits per heavy atom. The highest BCUT2D eigenvalue weighted by Gasteiger charge is 2.25. The molecule has 0 radical (unpaired) electrons. The fourth-order valence-corrected chi connectivity index (χ4v) is 2.66. The highest BCUT2D eigenvalue weighted by atomic mass is 35.5. The van der Waals surface area contributed by atoms with E-state index >= 15 is 0 Å². The maximum absolute atomic E-state index is 11.3. The lowest BCUT2D eigenvalue weighted by atomic mass is 10.1. The van der Waals surface area contributed by atoms with Crippen LogP contribution in [0.15, 0.2) is 18.2 Å². The second kappa shape index (κ2) is 5.29. The van der Waals surface area contributed by atoms with Gasteiger partial charge in [0, 0.05) is 24.7 Å². The zero-order chi connectivity index (χ0) is 13.3. The number of halogens is 1. The number of benzene rings is 1. The van der Waals surface area contributed by atoms with Crippen LogP contribution in [0.3, 0.4) is 0 Å². The van der Waals surface area contributed by atoms with Crippen LogP contribution in [-0.4, -0.2) is 43.9 Å². The lowest BCUT2D eigenvalue weighted by Crippen LogP contribution is -2.31. The fourth-order valence-electron chi connectivity index (χ4n) is 2.36. The summed E-state index contributed by atoms with van der Waals surface area (Å²) in [4.78, 5) is 15.8. The Bertz CT molecular complexity index is 459. The molecule has 0 amide bonds. The molecular weight excluding hydrogens is 248 g/mol. The number of ketones is 1. The van der Waals surface area contributed by atoms with Crippen LogP contribution in [0, 0.1) is 0 Å². The van der Waals surface area contributed by atoms with Crippen LogP contribution < -0.4 is 4.90 Å². The van der Waals surface area contributed by atoms with Crippen LogP contribution in [-0.2, 0) is 0 Å². The lowest BCUT2D eigenvalue weighted by molar-refractivity contribution is 0.101. The molecule has 1 aromatic rings. The zero-order valence-electron chi connectivity index (χ0n) is 11.1. The Kier molecular flexibility index (Phi) is 3.93. The molecule has 0 N–H and O–H groups in total. The summed E-state index contributed by atoms with van der Waals surface area (Å²) in [5.74, 6) is 0.0519. The maximum atomic E-state index is 11.3. The summed E-state index contributed by atoms with van der Waals surface area (Å²) in [6, 6.07) is 6.15. The van der Waals surface area contributed by atoms with E-state index in [2.05, 4.69) is 23.9 Å². The highest BCUT2D eigenvalue weighted by molar-refractivity contribution is 6.33. The first-order chi connectivity index (χ1) is 8.49. The van der Waals surface area contributed by atoms with E-state index in [1.165, 1.54) is 0 Å². The van der Waals surface area contributed by atoms with Gasteiger partial charge in [0.2, 0.25) is 0 Å². The summed E-state index contributed by atoms with van der Waals surface area (Å²) in [5.41, 5.74) is 1.71. The summed E-state index contributed by atoms with van der Waals surface area (Å²) in [7, 11) is 4.21. The van der Waals surface area contributed by atoms with Gasteiger partial charge >= 0.3 is 0 Å². The molecule has 1 aliphatic heterocycles. The molecule has 1 aromatic carbocycles. The Morgan fingerprint density at radius 3 is 2.67 bits per heavy atom. The van der Waals surface area contributed by atoms with Crippen molar-refractivity contribution in [1.29, 1.82) is 0 Å². The van der Waals surface area contributed by atoms with Crippen LogP contribution in [0.4, 0.5) is 5.69 Å². The molecule has 0 saturated carbocycles. The predicted octanol–water partition coefficient (Wildman–Crippen LogP) is 2.68. The predicted molar refractivity (Wildman–Crippen MR) is 75.8 cm³/mol. The number of carbonyl (C=O) groups excluding carboxylic acids is 1. The van der Waals surface area contributed by atoms with E-state index in [-0.39, 0.29) is 5.78 Å². The molecular formula is C14H19ClN2O. The van der Waals surface area contributed by atoms with Crippen molar-refractivity contribution in [3.8, 4) is 0 Å². The van der Waals surface area contributed by atoms with E-state index in [4.69, 9.17) is 11.6 Å². The number of carbonyl (C=O) groups is 1. The van der Waals surface area contributed by atoms with Crippen LogP contribution >= 0.6 is 11.6 Å². The third kappa shape index (κ3) is 2.68. The minimum Gasteiger partial charge on any atom is -0.369 e. The van der Waals surface area contributed by atoms with Gasteiger partial charge in [-0.3, -0.25) is 4.79 Å². The topological polar surface area (TPSA) is 23.6 Å². The summed E-state index contributed by atoms with van der Waals surface area (Å²) >= 11 is 6.27. The van der Waals surface area contributed by atoms with Crippen LogP contribution in [0.5, 0.6) is 0 Å². The monoisotopic (exact) mass is 266 g/mol. The van der Waals surface area contributed by atoms with Gasteiger partial charge in [-0.1, -0.05) is 11.6 Å². The standard InChI is InChI=1S/C14H19ClN2O/c1-10(18)11-4-5-14(13(15)8-11)17-7-6-12(9-17)16(2)3/h4-5,8,12H,6-7,9H2,1-3H3. The van der Waals surface area contributed by atoms with Crippen molar-refractivity contribution in [2.75, 3.05) is 32.1 Å². The Hall–Kier alpha value is -1.06. The van der Waals surface area contributed by atoms with Gasteiger partial charge in [0.05, 0.1) is 10.7 Å². The van der Waals surface area contributed by atoms with Crippen molar-refractivity contribution >= 4 is 23.1 Å². The molecule has 1 saturated heterocycles. The van der Waals surface area contributed by atoms with Gasteiger partial charge in [-0.05, 0) is 45.6 Å². The van der Waals surface area contributed by atoms with E-state index in [0.29, 0.717) is 16.6 Å². The summed E-state index contributed by atoms with van der Waals surface area (Å²) < 4.78 is 0. The van der Waals surface area contributed by atoms with Gasteiger partial charge in [0.15, 0.2) is 5.78 Å². The van der Waals surface area contributed by atoms with Crippen molar-refractivity contribution in [2.45, 2.75) is 19.4 Å². The first kappa shape index (κ1) is 13.4. The average molecular weight is 267 g/mol. The molecule has 0 bridgehead atoms. The molecule has 3 nitrogen and oxygen atoms in total. The van der Waals surface area contributed by atoms with E-state index in [1.54, 1.807) is 13.0 Å². The number of rotatable bonds is 3. The van der Waals surface area contributed by atoms with Gasteiger partial charge < -0.3 is 9.80 Å². The molecule has 0 aliphatic carbocycles. The fraction of sp³-hybridized carbons (Fsp3) is 0.500. The SMILES string of the molecule is CC(=O)c1ccc(N2CCC(N(C)C)C2)c(Cl)c1. The normalized spacial score (nSPS) is 19.6. The zero-order valence-corrected chi connectivity index (χ0v) is 11.9. The quantitative estimate of drug-likeness (QED) is 0.786. The van der Waals surface area contributed by atoms with Gasteiger partial charge in [0.1, 0.15) is 0 Å². The van der Waals surface area contributed by atoms with Crippen molar-refractivity contribution in [1.82, 2.24) is 4.90 Å². The molecule has 1 heterocycles. The van der Waals surface area contributed by atoms with Crippen molar-refractivity contribution in [3.63, 3.8) is 0 Å². The second-order valence-corrected chi connectivity index (χ2v) is 5.48. The van der Waals surface area contributed by atoms with Crippen molar-refractivity contribution in [2.24, 2.45) is 0 Å². The van der Waals surface area contributed by atoms with Crippen molar-refractivity contribution < 1.29 is 4.79 Å². The minimum absolute atomic E-state index is 0.0519. The first-order valence-corrected chi connectivity index (χ1v) is 6.58. The van der Waals surface area contributed by atoms with E-state index in [9.17, 15) is 4.79 Å². The van der Waals surface area contributed by atoms with Crippen LogP contribution in [0.1, 0.15) is 23.7 Å².